The number of aryl methyl sites for hydroxylation is 2. The van der Waals surface area contributed by atoms with Crippen molar-refractivity contribution in [2.24, 2.45) is 0 Å². The summed E-state index contributed by atoms with van der Waals surface area (Å²) in [7, 11) is 1.65. The topological polar surface area (TPSA) is 30.5 Å². The standard InChI is InChI=1S/C29H31NO2/c1-20-16-21(2)28(27(17-20)32-19-31-4)29-25(15-14-24-12-8-9-13-26(24)29)18-30-22(3)23-10-6-5-7-11-23/h5-17,22,30H,18-19H2,1-4H3/t22-/m1/s1. The summed E-state index contributed by atoms with van der Waals surface area (Å²) in [5.74, 6) is 0.859. The minimum absolute atomic E-state index is 0.222. The number of rotatable bonds is 8. The molecule has 0 heterocycles. The first kappa shape index (κ1) is 22.1. The van der Waals surface area contributed by atoms with Gasteiger partial charge in [0.25, 0.3) is 0 Å². The minimum Gasteiger partial charge on any atom is -0.467 e. The van der Waals surface area contributed by atoms with E-state index in [0.29, 0.717) is 0 Å². The van der Waals surface area contributed by atoms with Crippen LogP contribution in [-0.2, 0) is 11.3 Å². The van der Waals surface area contributed by atoms with Gasteiger partial charge in [-0.15, -0.1) is 0 Å². The zero-order valence-electron chi connectivity index (χ0n) is 19.3. The lowest BCUT2D eigenvalue weighted by Crippen LogP contribution is -2.18. The van der Waals surface area contributed by atoms with Crippen molar-refractivity contribution in [3.05, 3.63) is 101 Å². The Bertz CT molecular complexity index is 1200. The highest BCUT2D eigenvalue weighted by atomic mass is 16.7. The summed E-state index contributed by atoms with van der Waals surface area (Å²) in [4.78, 5) is 0. The molecule has 32 heavy (non-hydrogen) atoms. The van der Waals surface area contributed by atoms with Crippen LogP contribution in [0.4, 0.5) is 0 Å². The SMILES string of the molecule is COCOc1cc(C)cc(C)c1-c1c(CN[C@H](C)c2ccccc2)ccc2ccccc12. The molecule has 0 aromatic heterocycles. The lowest BCUT2D eigenvalue weighted by Gasteiger charge is -2.21. The molecule has 4 rings (SSSR count). The Morgan fingerprint density at radius 2 is 1.59 bits per heavy atom. The molecule has 0 aliphatic heterocycles. The normalized spacial score (nSPS) is 12.1. The Morgan fingerprint density at radius 1 is 0.844 bits per heavy atom. The van der Waals surface area contributed by atoms with E-state index in [9.17, 15) is 0 Å². The molecule has 3 nitrogen and oxygen atoms in total. The Balaban J connectivity index is 1.82. The van der Waals surface area contributed by atoms with Crippen LogP contribution in [0, 0.1) is 13.8 Å². The summed E-state index contributed by atoms with van der Waals surface area (Å²) < 4.78 is 11.3. The van der Waals surface area contributed by atoms with E-state index in [1.807, 2.05) is 0 Å². The van der Waals surface area contributed by atoms with Crippen molar-refractivity contribution < 1.29 is 9.47 Å². The first-order valence-corrected chi connectivity index (χ1v) is 11.1. The van der Waals surface area contributed by atoms with Gasteiger partial charge in [0, 0.05) is 25.3 Å². The maximum absolute atomic E-state index is 6.06. The van der Waals surface area contributed by atoms with Crippen LogP contribution < -0.4 is 10.1 Å². The average Bonchev–Trinajstić information content (AvgIpc) is 2.81. The molecule has 0 bridgehead atoms. The molecule has 0 aliphatic rings. The monoisotopic (exact) mass is 425 g/mol. The summed E-state index contributed by atoms with van der Waals surface area (Å²) >= 11 is 0. The zero-order chi connectivity index (χ0) is 22.5. The second kappa shape index (κ2) is 9.99. The van der Waals surface area contributed by atoms with E-state index >= 15 is 0 Å². The molecule has 4 aromatic carbocycles. The lowest BCUT2D eigenvalue weighted by molar-refractivity contribution is 0.0515. The van der Waals surface area contributed by atoms with Crippen molar-refractivity contribution in [2.75, 3.05) is 13.9 Å². The van der Waals surface area contributed by atoms with Gasteiger partial charge in [-0.25, -0.2) is 0 Å². The van der Waals surface area contributed by atoms with Crippen molar-refractivity contribution in [3.63, 3.8) is 0 Å². The Kier molecular flexibility index (Phi) is 6.89. The van der Waals surface area contributed by atoms with Crippen LogP contribution in [0.5, 0.6) is 5.75 Å². The van der Waals surface area contributed by atoms with Gasteiger partial charge in [-0.05, 0) is 65.4 Å². The van der Waals surface area contributed by atoms with Gasteiger partial charge < -0.3 is 14.8 Å². The van der Waals surface area contributed by atoms with Gasteiger partial charge in [-0.1, -0.05) is 72.8 Å². The Hall–Kier alpha value is -3.14. The third-order valence-corrected chi connectivity index (χ3v) is 5.94. The molecule has 4 aromatic rings. The summed E-state index contributed by atoms with van der Waals surface area (Å²) in [6.07, 6.45) is 0. The maximum Gasteiger partial charge on any atom is 0.188 e. The average molecular weight is 426 g/mol. The molecule has 0 fully saturated rings. The van der Waals surface area contributed by atoms with Crippen LogP contribution in [0.3, 0.4) is 0 Å². The Morgan fingerprint density at radius 3 is 2.38 bits per heavy atom. The Labute approximate surface area is 191 Å². The predicted molar refractivity (Wildman–Crippen MR) is 133 cm³/mol. The fourth-order valence-electron chi connectivity index (χ4n) is 4.37. The number of nitrogens with one attached hydrogen (secondary N) is 1. The molecule has 0 saturated carbocycles. The van der Waals surface area contributed by atoms with Crippen LogP contribution in [0.25, 0.3) is 21.9 Å². The minimum atomic E-state index is 0.222. The first-order valence-electron chi connectivity index (χ1n) is 11.1. The van der Waals surface area contributed by atoms with E-state index in [1.54, 1.807) is 7.11 Å². The molecule has 0 aliphatic carbocycles. The van der Waals surface area contributed by atoms with Gasteiger partial charge in [0.15, 0.2) is 6.79 Å². The number of fused-ring (bicyclic) bond motifs is 1. The molecule has 3 heteroatoms. The number of hydrogen-bond acceptors (Lipinski definition) is 3. The number of ether oxygens (including phenoxy) is 2. The van der Waals surface area contributed by atoms with Gasteiger partial charge in [-0.2, -0.15) is 0 Å². The smallest absolute Gasteiger partial charge is 0.188 e. The van der Waals surface area contributed by atoms with Crippen LogP contribution in [0.2, 0.25) is 0 Å². The number of methoxy groups -OCH3 is 1. The predicted octanol–water partition coefficient (Wildman–Crippen LogP) is 6.96. The molecular formula is C29H31NO2. The largest absolute Gasteiger partial charge is 0.467 e. The van der Waals surface area contributed by atoms with Gasteiger partial charge in [0.1, 0.15) is 5.75 Å². The summed E-state index contributed by atoms with van der Waals surface area (Å²) in [6, 6.07) is 28.2. The molecule has 0 spiro atoms. The van der Waals surface area contributed by atoms with Crippen LogP contribution in [0.15, 0.2) is 78.9 Å². The zero-order valence-corrected chi connectivity index (χ0v) is 19.3. The van der Waals surface area contributed by atoms with Crippen molar-refractivity contribution in [1.29, 1.82) is 0 Å². The highest BCUT2D eigenvalue weighted by molar-refractivity contribution is 6.00. The number of benzene rings is 4. The van der Waals surface area contributed by atoms with Gasteiger partial charge in [-0.3, -0.25) is 0 Å². The van der Waals surface area contributed by atoms with Gasteiger partial charge in [0.2, 0.25) is 0 Å². The van der Waals surface area contributed by atoms with Crippen LogP contribution in [0.1, 0.15) is 35.2 Å². The molecule has 1 N–H and O–H groups in total. The van der Waals surface area contributed by atoms with Crippen molar-refractivity contribution in [1.82, 2.24) is 5.32 Å². The molecule has 0 unspecified atom stereocenters. The second-order valence-electron chi connectivity index (χ2n) is 8.34. The van der Waals surface area contributed by atoms with Gasteiger partial charge in [0.05, 0.1) is 0 Å². The summed E-state index contributed by atoms with van der Waals surface area (Å²) in [6.45, 7) is 7.45. The third kappa shape index (κ3) is 4.69. The van der Waals surface area contributed by atoms with Gasteiger partial charge >= 0.3 is 0 Å². The quantitative estimate of drug-likeness (QED) is 0.310. The molecule has 0 saturated heterocycles. The number of hydrogen-bond donors (Lipinski definition) is 1. The molecule has 164 valence electrons. The highest BCUT2D eigenvalue weighted by Crippen LogP contribution is 2.41. The van der Waals surface area contributed by atoms with E-state index in [1.165, 1.54) is 38.6 Å². The summed E-state index contributed by atoms with van der Waals surface area (Å²) in [5, 5.41) is 6.17. The van der Waals surface area contributed by atoms with E-state index in [-0.39, 0.29) is 12.8 Å². The lowest BCUT2D eigenvalue weighted by atomic mass is 9.89. The van der Waals surface area contributed by atoms with Crippen LogP contribution >= 0.6 is 0 Å². The molecular weight excluding hydrogens is 394 g/mol. The molecule has 0 amide bonds. The molecule has 1 atom stereocenters. The third-order valence-electron chi connectivity index (χ3n) is 5.94. The fraction of sp³-hybridized carbons (Fsp3) is 0.241. The van der Waals surface area contributed by atoms with Crippen molar-refractivity contribution in [3.8, 4) is 16.9 Å². The molecule has 0 radical (unpaired) electrons. The second-order valence-corrected chi connectivity index (χ2v) is 8.34. The highest BCUT2D eigenvalue weighted by Gasteiger charge is 2.18. The van der Waals surface area contributed by atoms with E-state index in [2.05, 4.69) is 105 Å². The summed E-state index contributed by atoms with van der Waals surface area (Å²) in [5.41, 5.74) is 7.26. The maximum atomic E-state index is 6.06. The van der Waals surface area contributed by atoms with E-state index < -0.39 is 0 Å². The van der Waals surface area contributed by atoms with Crippen molar-refractivity contribution in [2.45, 2.75) is 33.4 Å². The van der Waals surface area contributed by atoms with Crippen molar-refractivity contribution >= 4 is 10.8 Å². The first-order chi connectivity index (χ1) is 15.6. The van der Waals surface area contributed by atoms with E-state index in [4.69, 9.17) is 9.47 Å². The van der Waals surface area contributed by atoms with E-state index in [0.717, 1.165) is 17.9 Å². The van der Waals surface area contributed by atoms with Crippen LogP contribution in [-0.4, -0.2) is 13.9 Å². The fourth-order valence-corrected chi connectivity index (χ4v) is 4.37.